The Hall–Kier alpha value is 0.250. The first kappa shape index (κ1) is 12.7. The van der Waals surface area contributed by atoms with Gasteiger partial charge in [0.1, 0.15) is 0 Å². The highest BCUT2D eigenvalue weighted by Gasteiger charge is 2.25. The Morgan fingerprint density at radius 3 is 3.00 bits per heavy atom. The van der Waals surface area contributed by atoms with Crippen LogP contribution in [-0.2, 0) is 0 Å². The van der Waals surface area contributed by atoms with E-state index in [-0.39, 0.29) is 0 Å². The SMILES string of the molecule is CC1N=C(Nc2cccc(I)c2)SC1CBr. The molecular formula is C11H12BrIN2S. The second-order valence-corrected chi connectivity index (χ2v) is 6.74. The molecule has 2 unspecified atom stereocenters. The summed E-state index contributed by atoms with van der Waals surface area (Å²) in [7, 11) is 0. The van der Waals surface area contributed by atoms with E-state index in [1.807, 2.05) is 11.8 Å². The van der Waals surface area contributed by atoms with Crippen LogP contribution in [0, 0.1) is 3.57 Å². The molecule has 0 saturated carbocycles. The zero-order chi connectivity index (χ0) is 11.5. The zero-order valence-electron chi connectivity index (χ0n) is 8.78. The normalized spacial score (nSPS) is 24.3. The van der Waals surface area contributed by atoms with Crippen molar-refractivity contribution < 1.29 is 0 Å². The fraction of sp³-hybridized carbons (Fsp3) is 0.364. The molecule has 0 aliphatic carbocycles. The maximum atomic E-state index is 4.60. The first-order valence-corrected chi connectivity index (χ1v) is 8.10. The number of halogens is 2. The van der Waals surface area contributed by atoms with Gasteiger partial charge in [-0.25, -0.2) is 0 Å². The lowest BCUT2D eigenvalue weighted by Crippen LogP contribution is -2.14. The molecule has 0 bridgehead atoms. The minimum Gasteiger partial charge on any atom is -0.335 e. The van der Waals surface area contributed by atoms with Crippen molar-refractivity contribution in [1.29, 1.82) is 0 Å². The minimum atomic E-state index is 0.384. The van der Waals surface area contributed by atoms with Crippen LogP contribution in [0.3, 0.4) is 0 Å². The average molecular weight is 411 g/mol. The van der Waals surface area contributed by atoms with Crippen LogP contribution in [0.2, 0.25) is 0 Å². The van der Waals surface area contributed by atoms with E-state index in [0.717, 1.165) is 16.2 Å². The highest BCUT2D eigenvalue weighted by atomic mass is 127. The van der Waals surface area contributed by atoms with Gasteiger partial charge in [0.15, 0.2) is 5.17 Å². The molecule has 1 heterocycles. The molecule has 2 atom stereocenters. The number of nitrogens with zero attached hydrogens (tertiary/aromatic N) is 1. The summed E-state index contributed by atoms with van der Waals surface area (Å²) in [5.41, 5.74) is 1.11. The van der Waals surface area contributed by atoms with E-state index in [4.69, 9.17) is 0 Å². The summed E-state index contributed by atoms with van der Waals surface area (Å²) in [6.45, 7) is 2.16. The minimum absolute atomic E-state index is 0.384. The molecule has 86 valence electrons. The number of alkyl halides is 1. The Morgan fingerprint density at radius 1 is 1.56 bits per heavy atom. The molecule has 1 aliphatic heterocycles. The van der Waals surface area contributed by atoms with Gasteiger partial charge in [-0.1, -0.05) is 33.8 Å². The predicted octanol–water partition coefficient (Wildman–Crippen LogP) is 3.96. The largest absolute Gasteiger partial charge is 0.335 e. The highest BCUT2D eigenvalue weighted by Crippen LogP contribution is 2.29. The fourth-order valence-corrected chi connectivity index (χ4v) is 3.94. The van der Waals surface area contributed by atoms with E-state index in [1.54, 1.807) is 0 Å². The average Bonchev–Trinajstić information content (AvgIpc) is 2.58. The molecule has 0 aromatic heterocycles. The molecule has 1 aromatic rings. The van der Waals surface area contributed by atoms with Gasteiger partial charge in [-0.15, -0.1) is 0 Å². The summed E-state index contributed by atoms with van der Waals surface area (Å²) in [6, 6.07) is 8.71. The van der Waals surface area contributed by atoms with Crippen LogP contribution in [-0.4, -0.2) is 21.8 Å². The second-order valence-electron chi connectivity index (χ2n) is 3.62. The molecule has 0 spiro atoms. The maximum absolute atomic E-state index is 4.60. The third-order valence-corrected chi connectivity index (χ3v) is 5.44. The molecule has 1 aliphatic rings. The molecule has 1 N–H and O–H groups in total. The molecule has 1 aromatic carbocycles. The molecule has 0 saturated heterocycles. The van der Waals surface area contributed by atoms with E-state index in [0.29, 0.717) is 11.3 Å². The first-order valence-electron chi connectivity index (χ1n) is 5.02. The third-order valence-electron chi connectivity index (χ3n) is 2.35. The number of hydrogen-bond acceptors (Lipinski definition) is 3. The van der Waals surface area contributed by atoms with Crippen molar-refractivity contribution >= 4 is 61.1 Å². The summed E-state index contributed by atoms with van der Waals surface area (Å²) < 4.78 is 1.23. The number of anilines is 1. The number of hydrogen-bond donors (Lipinski definition) is 1. The van der Waals surface area contributed by atoms with E-state index < -0.39 is 0 Å². The lowest BCUT2D eigenvalue weighted by atomic mass is 10.3. The van der Waals surface area contributed by atoms with Crippen LogP contribution in [0.5, 0.6) is 0 Å². The number of thioether (sulfide) groups is 1. The topological polar surface area (TPSA) is 24.4 Å². The summed E-state index contributed by atoms with van der Waals surface area (Å²) in [5, 5.41) is 5.92. The lowest BCUT2D eigenvalue weighted by molar-refractivity contribution is 0.758. The molecule has 16 heavy (non-hydrogen) atoms. The van der Waals surface area contributed by atoms with E-state index in [1.165, 1.54) is 3.57 Å². The maximum Gasteiger partial charge on any atom is 0.161 e. The quantitative estimate of drug-likeness (QED) is 0.589. The zero-order valence-corrected chi connectivity index (χ0v) is 13.3. The van der Waals surface area contributed by atoms with Crippen LogP contribution in [0.4, 0.5) is 5.69 Å². The van der Waals surface area contributed by atoms with Crippen molar-refractivity contribution in [3.8, 4) is 0 Å². The highest BCUT2D eigenvalue weighted by molar-refractivity contribution is 14.1. The Bertz CT molecular complexity index is 411. The summed E-state index contributed by atoms with van der Waals surface area (Å²) in [5.74, 6) is 0. The second kappa shape index (κ2) is 5.73. The van der Waals surface area contributed by atoms with Crippen LogP contribution in [0.25, 0.3) is 0 Å². The summed E-state index contributed by atoms with van der Waals surface area (Å²) in [4.78, 5) is 4.60. The van der Waals surface area contributed by atoms with Gasteiger partial charge in [0.05, 0.1) is 6.04 Å². The number of aliphatic imine (C=N–C) groups is 1. The van der Waals surface area contributed by atoms with Gasteiger partial charge < -0.3 is 5.32 Å². The molecule has 0 fully saturated rings. The number of rotatable bonds is 2. The Kier molecular flexibility index (Phi) is 4.55. The Balaban J connectivity index is 2.04. The van der Waals surface area contributed by atoms with E-state index >= 15 is 0 Å². The van der Waals surface area contributed by atoms with Gasteiger partial charge in [-0.2, -0.15) is 0 Å². The third kappa shape index (κ3) is 3.13. The smallest absolute Gasteiger partial charge is 0.161 e. The Labute approximate surface area is 122 Å². The molecule has 2 nitrogen and oxygen atoms in total. The lowest BCUT2D eigenvalue weighted by Gasteiger charge is -2.08. The van der Waals surface area contributed by atoms with Crippen molar-refractivity contribution in [2.45, 2.75) is 18.2 Å². The van der Waals surface area contributed by atoms with Gasteiger partial charge in [0, 0.05) is 19.8 Å². The fourth-order valence-electron chi connectivity index (χ4n) is 1.45. The molecule has 5 heteroatoms. The van der Waals surface area contributed by atoms with Crippen LogP contribution in [0.1, 0.15) is 6.92 Å². The molecule has 2 rings (SSSR count). The van der Waals surface area contributed by atoms with Crippen molar-refractivity contribution in [3.05, 3.63) is 27.8 Å². The van der Waals surface area contributed by atoms with Crippen molar-refractivity contribution in [1.82, 2.24) is 0 Å². The van der Waals surface area contributed by atoms with Crippen molar-refractivity contribution in [2.24, 2.45) is 4.99 Å². The van der Waals surface area contributed by atoms with E-state index in [2.05, 4.69) is 80.0 Å². The van der Waals surface area contributed by atoms with Gasteiger partial charge in [0.2, 0.25) is 0 Å². The Morgan fingerprint density at radius 2 is 2.38 bits per heavy atom. The van der Waals surface area contributed by atoms with Crippen molar-refractivity contribution in [2.75, 3.05) is 10.6 Å². The monoisotopic (exact) mass is 410 g/mol. The van der Waals surface area contributed by atoms with Crippen LogP contribution < -0.4 is 5.32 Å². The standard InChI is InChI=1S/C11H12BrIN2S/c1-7-10(6-12)16-11(14-7)15-9-4-2-3-8(13)5-9/h2-5,7,10H,6H2,1H3,(H,14,15). The van der Waals surface area contributed by atoms with Crippen LogP contribution >= 0.6 is 50.3 Å². The van der Waals surface area contributed by atoms with Crippen molar-refractivity contribution in [3.63, 3.8) is 0 Å². The number of benzene rings is 1. The number of nitrogens with one attached hydrogen (secondary N) is 1. The summed E-state index contributed by atoms with van der Waals surface area (Å²) >= 11 is 7.64. The molecular weight excluding hydrogens is 399 g/mol. The van der Waals surface area contributed by atoms with Crippen LogP contribution in [0.15, 0.2) is 29.3 Å². The first-order chi connectivity index (χ1) is 7.69. The summed E-state index contributed by atoms with van der Waals surface area (Å²) in [6.07, 6.45) is 0. The van der Waals surface area contributed by atoms with Gasteiger partial charge in [-0.3, -0.25) is 4.99 Å². The molecule has 0 radical (unpaired) electrons. The number of amidine groups is 1. The van der Waals surface area contributed by atoms with Gasteiger partial charge in [-0.05, 0) is 47.7 Å². The van der Waals surface area contributed by atoms with Gasteiger partial charge >= 0.3 is 0 Å². The predicted molar refractivity (Wildman–Crippen MR) is 84.9 cm³/mol. The van der Waals surface area contributed by atoms with E-state index in [9.17, 15) is 0 Å². The van der Waals surface area contributed by atoms with Gasteiger partial charge in [0.25, 0.3) is 0 Å². The molecule has 0 amide bonds.